The van der Waals surface area contributed by atoms with Gasteiger partial charge in [-0.25, -0.2) is 0 Å². The van der Waals surface area contributed by atoms with E-state index in [4.69, 9.17) is 5.11 Å². The fourth-order valence-electron chi connectivity index (χ4n) is 2.12. The maximum atomic E-state index is 12.7. The van der Waals surface area contributed by atoms with Crippen molar-refractivity contribution >= 4 is 5.97 Å². The molecule has 0 radical (unpaired) electrons. The fraction of sp³-hybridized carbons (Fsp3) is 0.500. The van der Waals surface area contributed by atoms with Crippen molar-refractivity contribution in [1.82, 2.24) is 4.90 Å². The highest BCUT2D eigenvalue weighted by atomic mass is 19.4. The lowest BCUT2D eigenvalue weighted by Crippen LogP contribution is -2.39. The molecule has 3 nitrogen and oxygen atoms in total. The van der Waals surface area contributed by atoms with Gasteiger partial charge < -0.3 is 5.11 Å². The summed E-state index contributed by atoms with van der Waals surface area (Å²) in [7, 11) is 1.60. The molecule has 0 aliphatic rings. The van der Waals surface area contributed by atoms with Crippen molar-refractivity contribution in [1.29, 1.82) is 0 Å². The first-order valence-electron chi connectivity index (χ1n) is 6.30. The van der Waals surface area contributed by atoms with E-state index in [9.17, 15) is 18.0 Å². The van der Waals surface area contributed by atoms with Crippen LogP contribution in [-0.2, 0) is 11.0 Å². The minimum Gasteiger partial charge on any atom is -0.480 e. The van der Waals surface area contributed by atoms with Gasteiger partial charge in [0, 0.05) is 6.04 Å². The molecule has 0 saturated heterocycles. The molecule has 0 spiro atoms. The first-order chi connectivity index (χ1) is 9.18. The maximum absolute atomic E-state index is 12.7. The molecule has 0 fully saturated rings. The monoisotopic (exact) mass is 289 g/mol. The molecule has 1 rings (SSSR count). The molecular formula is C14H18F3NO2. The molecule has 0 saturated carbocycles. The highest BCUT2D eigenvalue weighted by Crippen LogP contribution is 2.32. The average Bonchev–Trinajstić information content (AvgIpc) is 2.37. The standard InChI is InChI=1S/C14H18F3NO2/c1-4-12(13(19)20)18(3)9(2)10-6-5-7-11(8-10)14(15,16)17/h5-9,12H,4H2,1-3H3,(H,19,20). The van der Waals surface area contributed by atoms with E-state index in [-0.39, 0.29) is 0 Å². The van der Waals surface area contributed by atoms with Crippen LogP contribution in [0.1, 0.15) is 37.4 Å². The topological polar surface area (TPSA) is 40.5 Å². The molecule has 0 aliphatic heterocycles. The maximum Gasteiger partial charge on any atom is 0.416 e. The van der Waals surface area contributed by atoms with Gasteiger partial charge in [0.15, 0.2) is 0 Å². The van der Waals surface area contributed by atoms with Gasteiger partial charge in [-0.3, -0.25) is 9.69 Å². The summed E-state index contributed by atoms with van der Waals surface area (Å²) in [6.45, 7) is 3.43. The summed E-state index contributed by atoms with van der Waals surface area (Å²) in [5, 5.41) is 9.10. The zero-order valence-electron chi connectivity index (χ0n) is 11.6. The van der Waals surface area contributed by atoms with E-state index in [2.05, 4.69) is 0 Å². The van der Waals surface area contributed by atoms with Crippen LogP contribution in [0.15, 0.2) is 24.3 Å². The molecule has 112 valence electrons. The Kier molecular flexibility index (Phi) is 5.16. The van der Waals surface area contributed by atoms with Gasteiger partial charge in [-0.15, -0.1) is 0 Å². The van der Waals surface area contributed by atoms with Crippen molar-refractivity contribution in [2.45, 2.75) is 38.5 Å². The largest absolute Gasteiger partial charge is 0.480 e. The van der Waals surface area contributed by atoms with Gasteiger partial charge >= 0.3 is 12.1 Å². The smallest absolute Gasteiger partial charge is 0.416 e. The minimum absolute atomic E-state index is 0.384. The number of aliphatic carboxylic acids is 1. The number of carboxylic acids is 1. The van der Waals surface area contributed by atoms with Gasteiger partial charge in [-0.2, -0.15) is 13.2 Å². The second-order valence-corrected chi connectivity index (χ2v) is 4.73. The molecule has 0 bridgehead atoms. The summed E-state index contributed by atoms with van der Waals surface area (Å²) in [4.78, 5) is 12.7. The van der Waals surface area contributed by atoms with Gasteiger partial charge in [0.2, 0.25) is 0 Å². The molecule has 0 aromatic heterocycles. The Morgan fingerprint density at radius 2 is 2.00 bits per heavy atom. The van der Waals surface area contributed by atoms with E-state index in [0.29, 0.717) is 12.0 Å². The second kappa shape index (κ2) is 6.26. The molecule has 6 heteroatoms. The van der Waals surface area contributed by atoms with Crippen LogP contribution >= 0.6 is 0 Å². The van der Waals surface area contributed by atoms with Crippen LogP contribution in [0.4, 0.5) is 13.2 Å². The molecule has 1 N–H and O–H groups in total. The zero-order valence-corrected chi connectivity index (χ0v) is 11.6. The predicted octanol–water partition coefficient (Wildman–Crippen LogP) is 3.56. The lowest BCUT2D eigenvalue weighted by molar-refractivity contribution is -0.144. The fourth-order valence-corrected chi connectivity index (χ4v) is 2.12. The predicted molar refractivity (Wildman–Crippen MR) is 69.3 cm³/mol. The Morgan fingerprint density at radius 3 is 2.45 bits per heavy atom. The van der Waals surface area contributed by atoms with Crippen LogP contribution in [0.25, 0.3) is 0 Å². The summed E-state index contributed by atoms with van der Waals surface area (Å²) in [6, 6.07) is 3.84. The Balaban J connectivity index is 3.03. The summed E-state index contributed by atoms with van der Waals surface area (Å²) in [5.41, 5.74) is -0.277. The number of benzene rings is 1. The average molecular weight is 289 g/mol. The Morgan fingerprint density at radius 1 is 1.40 bits per heavy atom. The van der Waals surface area contributed by atoms with Gasteiger partial charge in [0.05, 0.1) is 5.56 Å². The van der Waals surface area contributed by atoms with Crippen molar-refractivity contribution in [2.24, 2.45) is 0 Å². The lowest BCUT2D eigenvalue weighted by atomic mass is 10.0. The van der Waals surface area contributed by atoms with E-state index >= 15 is 0 Å². The van der Waals surface area contributed by atoms with Gasteiger partial charge in [0.1, 0.15) is 6.04 Å². The van der Waals surface area contributed by atoms with Crippen LogP contribution in [0.5, 0.6) is 0 Å². The molecule has 1 aromatic rings. The summed E-state index contributed by atoms with van der Waals surface area (Å²) >= 11 is 0. The third-order valence-corrected chi connectivity index (χ3v) is 3.47. The van der Waals surface area contributed by atoms with Crippen LogP contribution in [-0.4, -0.2) is 29.1 Å². The van der Waals surface area contributed by atoms with Crippen molar-refractivity contribution < 1.29 is 23.1 Å². The highest BCUT2D eigenvalue weighted by molar-refractivity contribution is 5.73. The molecule has 0 heterocycles. The molecule has 2 unspecified atom stereocenters. The van der Waals surface area contributed by atoms with Crippen LogP contribution < -0.4 is 0 Å². The number of carboxylic acid groups (broad SMARTS) is 1. The van der Waals surface area contributed by atoms with E-state index in [1.165, 1.54) is 6.07 Å². The van der Waals surface area contributed by atoms with Crippen molar-refractivity contribution in [3.8, 4) is 0 Å². The third kappa shape index (κ3) is 3.72. The molecular weight excluding hydrogens is 271 g/mol. The molecule has 20 heavy (non-hydrogen) atoms. The van der Waals surface area contributed by atoms with E-state index in [1.54, 1.807) is 31.9 Å². The minimum atomic E-state index is -4.40. The Labute approximate surface area is 116 Å². The number of hydrogen-bond donors (Lipinski definition) is 1. The van der Waals surface area contributed by atoms with Crippen LogP contribution in [0.3, 0.4) is 0 Å². The van der Waals surface area contributed by atoms with Crippen LogP contribution in [0.2, 0.25) is 0 Å². The first-order valence-corrected chi connectivity index (χ1v) is 6.30. The Hall–Kier alpha value is -1.56. The van der Waals surface area contributed by atoms with Gasteiger partial charge in [-0.1, -0.05) is 19.1 Å². The number of alkyl halides is 3. The van der Waals surface area contributed by atoms with Crippen molar-refractivity contribution in [3.63, 3.8) is 0 Å². The summed E-state index contributed by atoms with van der Waals surface area (Å²) < 4.78 is 38.0. The number of rotatable bonds is 5. The van der Waals surface area contributed by atoms with Gasteiger partial charge in [0.25, 0.3) is 0 Å². The Bertz CT molecular complexity index is 474. The lowest BCUT2D eigenvalue weighted by Gasteiger charge is -2.30. The van der Waals surface area contributed by atoms with E-state index in [1.807, 2.05) is 0 Å². The van der Waals surface area contributed by atoms with Gasteiger partial charge in [-0.05, 0) is 38.1 Å². The number of hydrogen-bond acceptors (Lipinski definition) is 2. The van der Waals surface area contributed by atoms with E-state index in [0.717, 1.165) is 12.1 Å². The molecule has 1 aromatic carbocycles. The number of carbonyl (C=O) groups is 1. The SMILES string of the molecule is CCC(C(=O)O)N(C)C(C)c1cccc(C(F)(F)F)c1. The van der Waals surface area contributed by atoms with Crippen molar-refractivity contribution in [2.75, 3.05) is 7.05 Å². The van der Waals surface area contributed by atoms with Crippen LogP contribution in [0, 0.1) is 0 Å². The third-order valence-electron chi connectivity index (χ3n) is 3.47. The molecule has 0 aliphatic carbocycles. The molecule has 2 atom stereocenters. The normalized spacial score (nSPS) is 15.2. The zero-order chi connectivity index (χ0) is 15.5. The van der Waals surface area contributed by atoms with E-state index < -0.39 is 29.8 Å². The summed E-state index contributed by atoms with van der Waals surface area (Å²) in [5.74, 6) is -0.978. The number of nitrogens with zero attached hydrogens (tertiary/aromatic N) is 1. The number of halogens is 3. The molecule has 0 amide bonds. The second-order valence-electron chi connectivity index (χ2n) is 4.73. The first kappa shape index (κ1) is 16.5. The van der Waals surface area contributed by atoms with Crippen molar-refractivity contribution in [3.05, 3.63) is 35.4 Å². The number of likely N-dealkylation sites (N-methyl/N-ethyl adjacent to an activating group) is 1. The summed E-state index contributed by atoms with van der Waals surface area (Å²) in [6.07, 6.45) is -4.01. The highest BCUT2D eigenvalue weighted by Gasteiger charge is 2.32. The quantitative estimate of drug-likeness (QED) is 0.901.